The third kappa shape index (κ3) is 6.86. The molecule has 0 unspecified atom stereocenters. The summed E-state index contributed by atoms with van der Waals surface area (Å²) >= 11 is 0. The van der Waals surface area contributed by atoms with E-state index < -0.39 is 0 Å². The van der Waals surface area contributed by atoms with Gasteiger partial charge in [-0.1, -0.05) is 29.8 Å². The van der Waals surface area contributed by atoms with E-state index in [1.807, 2.05) is 13.1 Å². The average Bonchev–Trinajstić information content (AvgIpc) is 2.68. The summed E-state index contributed by atoms with van der Waals surface area (Å²) in [5.41, 5.74) is 5.91. The third-order valence-electron chi connectivity index (χ3n) is 4.24. The van der Waals surface area contributed by atoms with Crippen LogP contribution in [0, 0.1) is 13.8 Å². The van der Waals surface area contributed by atoms with Gasteiger partial charge in [-0.2, -0.15) is 0 Å². The van der Waals surface area contributed by atoms with Gasteiger partial charge in [0.25, 0.3) is 0 Å². The van der Waals surface area contributed by atoms with Crippen molar-refractivity contribution < 1.29 is 18.9 Å². The highest BCUT2D eigenvalue weighted by molar-refractivity contribution is 5.74. The van der Waals surface area contributed by atoms with Gasteiger partial charge in [-0.05, 0) is 42.7 Å². The summed E-state index contributed by atoms with van der Waals surface area (Å²) in [7, 11) is 3.56. The number of benzene rings is 2. The van der Waals surface area contributed by atoms with Crippen molar-refractivity contribution in [3.63, 3.8) is 0 Å². The van der Waals surface area contributed by atoms with Crippen LogP contribution in [0.4, 0.5) is 5.69 Å². The zero-order valence-electron chi connectivity index (χ0n) is 16.8. The van der Waals surface area contributed by atoms with E-state index in [-0.39, 0.29) is 0 Å². The first-order chi connectivity index (χ1) is 13.2. The van der Waals surface area contributed by atoms with Crippen LogP contribution in [0.25, 0.3) is 11.1 Å². The molecule has 0 fully saturated rings. The molecule has 0 atom stereocenters. The van der Waals surface area contributed by atoms with Crippen LogP contribution >= 0.6 is 0 Å². The molecule has 0 spiro atoms. The van der Waals surface area contributed by atoms with Crippen LogP contribution in [0.2, 0.25) is 0 Å². The Hall–Kier alpha value is -2.08. The van der Waals surface area contributed by atoms with Gasteiger partial charge in [0, 0.05) is 14.2 Å². The Morgan fingerprint density at radius 2 is 1.52 bits per heavy atom. The maximum Gasteiger partial charge on any atom is 0.142 e. The zero-order chi connectivity index (χ0) is 19.5. The Bertz CT molecular complexity index is 703. The van der Waals surface area contributed by atoms with Crippen molar-refractivity contribution >= 4 is 5.69 Å². The van der Waals surface area contributed by atoms with Gasteiger partial charge in [0.1, 0.15) is 12.4 Å². The van der Waals surface area contributed by atoms with E-state index in [0.717, 1.165) is 11.4 Å². The van der Waals surface area contributed by atoms with Gasteiger partial charge in [0.15, 0.2) is 0 Å². The van der Waals surface area contributed by atoms with Gasteiger partial charge in [-0.25, -0.2) is 0 Å². The predicted molar refractivity (Wildman–Crippen MR) is 110 cm³/mol. The molecule has 0 aliphatic carbocycles. The SMILES string of the molecule is CNc1cc(-c2cc(C)ccc2C)ccc1OCCOCCOCCOC. The number of hydrogen-bond donors (Lipinski definition) is 1. The molecule has 0 saturated carbocycles. The molecule has 2 aromatic carbocycles. The van der Waals surface area contributed by atoms with Crippen LogP contribution in [-0.4, -0.2) is 53.8 Å². The quantitative estimate of drug-likeness (QED) is 0.568. The fourth-order valence-electron chi connectivity index (χ4n) is 2.74. The normalized spacial score (nSPS) is 10.8. The highest BCUT2D eigenvalue weighted by Gasteiger charge is 2.08. The molecule has 0 saturated heterocycles. The topological polar surface area (TPSA) is 49.0 Å². The molecule has 0 aliphatic rings. The van der Waals surface area contributed by atoms with E-state index in [2.05, 4.69) is 49.5 Å². The molecule has 5 heteroatoms. The van der Waals surface area contributed by atoms with Crippen LogP contribution in [0.1, 0.15) is 11.1 Å². The molecule has 0 heterocycles. The number of hydrogen-bond acceptors (Lipinski definition) is 5. The van der Waals surface area contributed by atoms with Crippen LogP contribution in [0.3, 0.4) is 0 Å². The molecule has 2 rings (SSSR count). The second kappa shape index (κ2) is 11.6. The molecule has 2 aromatic rings. The van der Waals surface area contributed by atoms with Crippen molar-refractivity contribution in [2.45, 2.75) is 13.8 Å². The zero-order valence-corrected chi connectivity index (χ0v) is 16.8. The number of nitrogens with one attached hydrogen (secondary N) is 1. The second-order valence-corrected chi connectivity index (χ2v) is 6.35. The van der Waals surface area contributed by atoms with Crippen molar-refractivity contribution in [2.24, 2.45) is 0 Å². The van der Waals surface area contributed by atoms with Crippen molar-refractivity contribution in [1.29, 1.82) is 0 Å². The lowest BCUT2D eigenvalue weighted by Gasteiger charge is -2.14. The molecule has 148 valence electrons. The summed E-state index contributed by atoms with van der Waals surface area (Å²) in [5.74, 6) is 0.825. The minimum atomic E-state index is 0.496. The van der Waals surface area contributed by atoms with Gasteiger partial charge < -0.3 is 24.3 Å². The van der Waals surface area contributed by atoms with E-state index in [4.69, 9.17) is 18.9 Å². The largest absolute Gasteiger partial charge is 0.489 e. The van der Waals surface area contributed by atoms with Gasteiger partial charge in [-0.3, -0.25) is 0 Å². The van der Waals surface area contributed by atoms with Crippen molar-refractivity contribution in [1.82, 2.24) is 0 Å². The summed E-state index contributed by atoms with van der Waals surface area (Å²) in [5, 5.41) is 3.22. The van der Waals surface area contributed by atoms with E-state index in [1.165, 1.54) is 22.3 Å². The van der Waals surface area contributed by atoms with Gasteiger partial charge in [0.2, 0.25) is 0 Å². The predicted octanol–water partition coefficient (Wildman–Crippen LogP) is 4.07. The molecule has 0 aliphatic heterocycles. The van der Waals surface area contributed by atoms with E-state index >= 15 is 0 Å². The Morgan fingerprint density at radius 3 is 2.22 bits per heavy atom. The summed E-state index contributed by atoms with van der Waals surface area (Å²) in [6.45, 7) is 7.58. The summed E-state index contributed by atoms with van der Waals surface area (Å²) in [4.78, 5) is 0. The summed E-state index contributed by atoms with van der Waals surface area (Å²) in [6, 6.07) is 12.7. The lowest BCUT2D eigenvalue weighted by molar-refractivity contribution is 0.0180. The van der Waals surface area contributed by atoms with Gasteiger partial charge in [0.05, 0.1) is 38.7 Å². The maximum absolute atomic E-state index is 5.87. The molecular formula is C22H31NO4. The minimum Gasteiger partial charge on any atom is -0.489 e. The van der Waals surface area contributed by atoms with Crippen molar-refractivity contribution in [2.75, 3.05) is 59.1 Å². The first kappa shape index (κ1) is 21.2. The summed E-state index contributed by atoms with van der Waals surface area (Å²) < 4.78 is 21.7. The maximum atomic E-state index is 5.87. The molecule has 27 heavy (non-hydrogen) atoms. The smallest absolute Gasteiger partial charge is 0.142 e. The van der Waals surface area contributed by atoms with Crippen LogP contribution in [0.5, 0.6) is 5.75 Å². The van der Waals surface area contributed by atoms with Gasteiger partial charge in [-0.15, -0.1) is 0 Å². The standard InChI is InChI=1S/C22H31NO4/c1-17-5-6-18(2)20(15-17)19-7-8-22(21(16-19)23-3)27-14-13-26-12-11-25-10-9-24-4/h5-8,15-16,23H,9-14H2,1-4H3. The van der Waals surface area contributed by atoms with E-state index in [9.17, 15) is 0 Å². The van der Waals surface area contributed by atoms with E-state index in [1.54, 1.807) is 7.11 Å². The fourth-order valence-corrected chi connectivity index (χ4v) is 2.74. The lowest BCUT2D eigenvalue weighted by atomic mass is 9.98. The number of anilines is 1. The highest BCUT2D eigenvalue weighted by atomic mass is 16.6. The van der Waals surface area contributed by atoms with Crippen LogP contribution in [0.15, 0.2) is 36.4 Å². The summed E-state index contributed by atoms with van der Waals surface area (Å²) in [6.07, 6.45) is 0. The number of rotatable bonds is 12. The van der Waals surface area contributed by atoms with Gasteiger partial charge >= 0.3 is 0 Å². The number of aryl methyl sites for hydroxylation is 2. The van der Waals surface area contributed by atoms with Crippen LogP contribution in [-0.2, 0) is 14.2 Å². The molecule has 1 N–H and O–H groups in total. The molecular weight excluding hydrogens is 342 g/mol. The second-order valence-electron chi connectivity index (χ2n) is 6.35. The lowest BCUT2D eigenvalue weighted by Crippen LogP contribution is -2.12. The van der Waals surface area contributed by atoms with Crippen LogP contribution < -0.4 is 10.1 Å². The Morgan fingerprint density at radius 1 is 0.815 bits per heavy atom. The molecule has 0 radical (unpaired) electrons. The van der Waals surface area contributed by atoms with Crippen molar-refractivity contribution in [3.8, 4) is 16.9 Å². The van der Waals surface area contributed by atoms with Crippen molar-refractivity contribution in [3.05, 3.63) is 47.5 Å². The first-order valence-electron chi connectivity index (χ1n) is 9.32. The Kier molecular flexibility index (Phi) is 9.11. The minimum absolute atomic E-state index is 0.496. The Balaban J connectivity index is 1.85. The number of ether oxygens (including phenoxy) is 4. The highest BCUT2D eigenvalue weighted by Crippen LogP contribution is 2.32. The molecule has 0 aromatic heterocycles. The third-order valence-corrected chi connectivity index (χ3v) is 4.24. The Labute approximate surface area is 162 Å². The molecule has 0 amide bonds. The monoisotopic (exact) mass is 373 g/mol. The number of methoxy groups -OCH3 is 1. The average molecular weight is 373 g/mol. The molecule has 5 nitrogen and oxygen atoms in total. The first-order valence-corrected chi connectivity index (χ1v) is 9.32. The molecule has 0 bridgehead atoms. The van der Waals surface area contributed by atoms with E-state index in [0.29, 0.717) is 39.6 Å². The fraction of sp³-hybridized carbons (Fsp3) is 0.455.